The molecule has 8 bridgehead atoms. The normalized spacial score (nSPS) is 16.0. The van der Waals surface area contributed by atoms with Crippen LogP contribution in [-0.2, 0) is 49.0 Å². The molecule has 0 radical (unpaired) electrons. The minimum absolute atomic E-state index is 0.0146. The van der Waals surface area contributed by atoms with E-state index in [1.165, 1.54) is 24.3 Å². The lowest BCUT2D eigenvalue weighted by molar-refractivity contribution is -0.432. The van der Waals surface area contributed by atoms with Gasteiger partial charge in [-0.05, 0) is 42.5 Å². The molecule has 27 heteroatoms. The smallest absolute Gasteiger partial charge is 0.296 e. The summed E-state index contributed by atoms with van der Waals surface area (Å²) < 4.78 is 111. The van der Waals surface area contributed by atoms with Crippen molar-refractivity contribution in [2.75, 3.05) is 10.5 Å². The predicted octanol–water partition coefficient (Wildman–Crippen LogP) is 4.15. The summed E-state index contributed by atoms with van der Waals surface area (Å²) in [6, 6.07) is 21.6. The molecule has 0 saturated carbocycles. The summed E-state index contributed by atoms with van der Waals surface area (Å²) in [5.74, 6) is -0.0445. The Bertz CT molecular complexity index is 3740. The summed E-state index contributed by atoms with van der Waals surface area (Å²) in [6.45, 7) is 0. The van der Waals surface area contributed by atoms with Crippen LogP contribution in [0, 0.1) is 0 Å². The number of aliphatic imine (C=N–C) groups is 6. The lowest BCUT2D eigenvalue weighted by Gasteiger charge is -2.13. The Labute approximate surface area is 386 Å². The Balaban J connectivity index is 1.26. The zero-order chi connectivity index (χ0) is 47.0. The van der Waals surface area contributed by atoms with Crippen LogP contribution in [0.2, 0.25) is 0 Å². The van der Waals surface area contributed by atoms with Crippen molar-refractivity contribution in [3.05, 3.63) is 135 Å². The molecule has 2 aliphatic carbocycles. The molecule has 3 aliphatic heterocycles. The number of rotatable bonds is 11. The van der Waals surface area contributed by atoms with Gasteiger partial charge in [0, 0.05) is 56.0 Å². The number of nitrogen functional groups attached to an aromatic ring is 1. The second kappa shape index (κ2) is 16.8. The molecular weight excluding hydrogens is 977 g/mol. The van der Waals surface area contributed by atoms with E-state index in [1.54, 1.807) is 48.5 Å². The van der Waals surface area contributed by atoms with Gasteiger partial charge in [0.05, 0.1) is 73.6 Å². The molecule has 10 rings (SSSR count). The van der Waals surface area contributed by atoms with E-state index in [-0.39, 0.29) is 80.4 Å². The molecule has 5 aromatic rings. The highest BCUT2D eigenvalue weighted by molar-refractivity contribution is 7.95. The third-order valence-electron chi connectivity index (χ3n) is 10.7. The number of hydrogen-bond donors (Lipinski definition) is 6. The zero-order valence-corrected chi connectivity index (χ0v) is 37.3. The van der Waals surface area contributed by atoms with E-state index < -0.39 is 45.7 Å². The van der Waals surface area contributed by atoms with Crippen LogP contribution >= 0.6 is 24.1 Å². The summed E-state index contributed by atoms with van der Waals surface area (Å²) in [4.78, 5) is 28.7. The van der Waals surface area contributed by atoms with E-state index in [2.05, 4.69) is 14.8 Å². The molecule has 0 amide bonds. The van der Waals surface area contributed by atoms with Crippen LogP contribution in [0.3, 0.4) is 0 Å². The molecule has 0 fully saturated rings. The molecule has 3 heterocycles. The van der Waals surface area contributed by atoms with Gasteiger partial charge in [0.25, 0.3) is 30.3 Å². The van der Waals surface area contributed by atoms with Gasteiger partial charge in [-0.15, -0.1) is 8.67 Å². The Hall–Kier alpha value is -6.31. The molecule has 0 aromatic heterocycles. The molecule has 7 N–H and O–H groups in total. The number of sulfonamides is 1. The number of fused-ring (bicyclic) bond motifs is 16. The van der Waals surface area contributed by atoms with Gasteiger partial charge < -0.3 is 5.73 Å². The minimum Gasteiger partial charge on any atom is -0.398 e. The van der Waals surface area contributed by atoms with Gasteiger partial charge in [-0.2, -0.15) is 16.8 Å². The fourth-order valence-corrected chi connectivity index (χ4v) is 11.8. The number of anilines is 2. The molecule has 67 heavy (non-hydrogen) atoms. The van der Waals surface area contributed by atoms with Gasteiger partial charge in [-0.25, -0.2) is 48.9 Å². The second-order valence-corrected chi connectivity index (χ2v) is 20.5. The first-order valence-corrected chi connectivity index (χ1v) is 24.8. The second-order valence-electron chi connectivity index (χ2n) is 14.6. The van der Waals surface area contributed by atoms with Crippen LogP contribution in [0.1, 0.15) is 46.2 Å². The van der Waals surface area contributed by atoms with Crippen LogP contribution in [0.4, 0.5) is 11.4 Å². The molecule has 0 unspecified atom stereocenters. The van der Waals surface area contributed by atoms with Crippen molar-refractivity contribution in [3.63, 3.8) is 0 Å². The van der Waals surface area contributed by atoms with E-state index in [0.717, 1.165) is 18.2 Å². The zero-order valence-electron chi connectivity index (χ0n) is 33.2. The molecule has 0 saturated heterocycles. The highest BCUT2D eigenvalue weighted by Gasteiger charge is 2.37. The van der Waals surface area contributed by atoms with Gasteiger partial charge >= 0.3 is 0 Å². The average molecular weight is 1000 g/mol. The van der Waals surface area contributed by atoms with Crippen molar-refractivity contribution in [2.24, 2.45) is 30.0 Å². The monoisotopic (exact) mass is 1000 g/mol. The summed E-state index contributed by atoms with van der Waals surface area (Å²) in [5.41, 5.74) is 7.47. The summed E-state index contributed by atoms with van der Waals surface area (Å²) >= 11 is 1.32. The quantitative estimate of drug-likeness (QED) is 0.0356. The first-order chi connectivity index (χ1) is 32.0. The first kappa shape index (κ1) is 44.5. The van der Waals surface area contributed by atoms with E-state index in [0.29, 0.717) is 66.8 Å². The van der Waals surface area contributed by atoms with Crippen molar-refractivity contribution in [2.45, 2.75) is 37.3 Å². The van der Waals surface area contributed by atoms with Crippen LogP contribution in [0.25, 0.3) is 11.4 Å². The van der Waals surface area contributed by atoms with Crippen LogP contribution in [-0.4, -0.2) is 79.6 Å². The van der Waals surface area contributed by atoms with Gasteiger partial charge in [0.15, 0.2) is 23.3 Å². The van der Waals surface area contributed by atoms with E-state index in [4.69, 9.17) is 54.9 Å². The number of nitrogens with two attached hydrogens (primary N) is 1. The number of nitrogens with zero attached hydrogens (tertiary/aromatic N) is 6. The maximum absolute atomic E-state index is 14.5. The van der Waals surface area contributed by atoms with Gasteiger partial charge in [0.2, 0.25) is 0 Å². The molecule has 340 valence electrons. The standard InChI is InChI=1S/C40H26N8O14S5/c41-23-15-18(13-14-30(23)66(53,54)55)48-65(51,52)31-11-3-6-20-25-17-27(34(20)31)45-37-21-7-2-10-29(64-62-60-50)35(21)39(46-37)42-24-16-26(33-19(24)5-1-9-28(33)63-61-59-49)44-38-22-8-4-12-32(67(56,57)58)36(22)40(43-25)47-38/h1-15,48-50H,16-17,41H2,(H,53,54,55)(H,56,57,58). The van der Waals surface area contributed by atoms with Crippen molar-refractivity contribution < 1.29 is 63.6 Å². The van der Waals surface area contributed by atoms with Crippen molar-refractivity contribution in [1.82, 2.24) is 0 Å². The Morgan fingerprint density at radius 1 is 0.552 bits per heavy atom. The van der Waals surface area contributed by atoms with Gasteiger partial charge in [-0.1, -0.05) is 58.6 Å². The highest BCUT2D eigenvalue weighted by atomic mass is 32.2. The molecule has 22 nitrogen and oxygen atoms in total. The highest BCUT2D eigenvalue weighted by Crippen LogP contribution is 2.38. The van der Waals surface area contributed by atoms with E-state index in [9.17, 15) is 34.4 Å². The third kappa shape index (κ3) is 7.99. The molecule has 5 aromatic carbocycles. The topological polar surface area (TPSA) is 332 Å². The number of amidine groups is 4. The lowest BCUT2D eigenvalue weighted by atomic mass is 10.1. The maximum Gasteiger partial charge on any atom is 0.296 e. The largest absolute Gasteiger partial charge is 0.398 e. The van der Waals surface area contributed by atoms with Gasteiger partial charge in [0.1, 0.15) is 9.79 Å². The fourth-order valence-electron chi connectivity index (χ4n) is 8.12. The van der Waals surface area contributed by atoms with Crippen molar-refractivity contribution in [1.29, 1.82) is 0 Å². The van der Waals surface area contributed by atoms with Crippen LogP contribution in [0.15, 0.2) is 145 Å². The predicted molar refractivity (Wildman–Crippen MR) is 243 cm³/mol. The van der Waals surface area contributed by atoms with Gasteiger partial charge in [-0.3, -0.25) is 13.8 Å². The van der Waals surface area contributed by atoms with Crippen molar-refractivity contribution in [3.8, 4) is 0 Å². The lowest BCUT2D eigenvalue weighted by Crippen LogP contribution is -2.26. The number of nitrogens with one attached hydrogen (secondary N) is 1. The SMILES string of the molecule is Nc1cc(NS(=O)(=O)c2cccc3c2C2=NC4=NC(=NC5=c6cccc(SOOO)c6=C(C5)N=C5N=C(N=C3C2)c2c5cccc2S(=O)(=O)O)c2c(SOOO)cccc24)ccc1S(=O)(=O)O. The Morgan fingerprint density at radius 3 is 1.85 bits per heavy atom. The Morgan fingerprint density at radius 2 is 1.13 bits per heavy atom. The number of hydrogen-bond acceptors (Lipinski definition) is 21. The summed E-state index contributed by atoms with van der Waals surface area (Å²) in [7, 11) is -14.3. The molecule has 0 spiro atoms. The first-order valence-electron chi connectivity index (χ1n) is 19.0. The Kier molecular flexibility index (Phi) is 11.2. The fraction of sp³-hybridized carbons (Fsp3) is 0.0500. The molecular formula is C40H26N8O14S5. The van der Waals surface area contributed by atoms with E-state index in [1.807, 2.05) is 0 Å². The number of benzene rings is 5. The van der Waals surface area contributed by atoms with Crippen LogP contribution < -0.4 is 20.9 Å². The third-order valence-corrected chi connectivity index (χ3v) is 15.3. The minimum atomic E-state index is -4.92. The van der Waals surface area contributed by atoms with Crippen molar-refractivity contribution >= 4 is 112 Å². The summed E-state index contributed by atoms with van der Waals surface area (Å²) in [6.07, 6.45) is -0.173. The molecule has 0 atom stereocenters. The van der Waals surface area contributed by atoms with Crippen LogP contribution in [0.5, 0.6) is 0 Å². The summed E-state index contributed by atoms with van der Waals surface area (Å²) in [5, 5.41) is 27.0. The van der Waals surface area contributed by atoms with E-state index >= 15 is 0 Å². The average Bonchev–Trinajstić information content (AvgIpc) is 4.02. The molecule has 5 aliphatic rings. The maximum atomic E-state index is 14.5.